The lowest BCUT2D eigenvalue weighted by molar-refractivity contribution is 0.294. The quantitative estimate of drug-likeness (QED) is 0.240. The van der Waals surface area contributed by atoms with E-state index in [9.17, 15) is 0 Å². The Hall–Kier alpha value is -3.28. The molecule has 3 aromatic heterocycles. The van der Waals surface area contributed by atoms with Crippen LogP contribution in [0.15, 0.2) is 67.3 Å². The number of halogens is 2. The van der Waals surface area contributed by atoms with Gasteiger partial charge in [0.2, 0.25) is 5.88 Å². The van der Waals surface area contributed by atoms with Crippen LogP contribution in [0.1, 0.15) is 61.0 Å². The normalized spacial score (nSPS) is 15.3. The van der Waals surface area contributed by atoms with Crippen LogP contribution in [0.5, 0.6) is 5.88 Å². The van der Waals surface area contributed by atoms with Crippen molar-refractivity contribution in [3.63, 3.8) is 0 Å². The van der Waals surface area contributed by atoms with Crippen LogP contribution in [0, 0.1) is 0 Å². The number of aromatic nitrogens is 4. The van der Waals surface area contributed by atoms with E-state index in [1.807, 2.05) is 55.0 Å². The molecule has 188 valence electrons. The van der Waals surface area contributed by atoms with E-state index >= 15 is 0 Å². The first-order valence-corrected chi connectivity index (χ1v) is 13.4. The third kappa shape index (κ3) is 4.41. The molecule has 0 radical (unpaired) electrons. The number of nitrogens with zero attached hydrogens (tertiary/aromatic N) is 3. The summed E-state index contributed by atoms with van der Waals surface area (Å²) in [5, 5.41) is 2.29. The van der Waals surface area contributed by atoms with Crippen molar-refractivity contribution in [2.24, 2.45) is 0 Å². The zero-order chi connectivity index (χ0) is 25.5. The SMILES string of the molecule is CC(C)c1ncn(C2CCCc3ccc(Cl)c(Cl)c32)c1-c1c[nH]c2cnc(OCc3ccccc3)cc12. The molecule has 1 unspecified atom stereocenters. The second kappa shape index (κ2) is 9.88. The summed E-state index contributed by atoms with van der Waals surface area (Å²) in [5.74, 6) is 0.835. The van der Waals surface area contributed by atoms with Crippen LogP contribution in [-0.2, 0) is 13.0 Å². The van der Waals surface area contributed by atoms with E-state index in [0.29, 0.717) is 22.5 Å². The molecule has 0 fully saturated rings. The number of H-pyrrole nitrogens is 1. The highest BCUT2D eigenvalue weighted by molar-refractivity contribution is 6.42. The summed E-state index contributed by atoms with van der Waals surface area (Å²) >= 11 is 13.3. The standard InChI is InChI=1S/C30H28Cl2N4O/c1-18(2)29-30(36(17-35-29)25-10-6-9-20-11-12-23(31)28(32)27(20)25)22-14-33-24-15-34-26(13-21(22)24)37-16-19-7-4-3-5-8-19/h3-5,7-8,11-15,17-18,25,33H,6,9-10,16H2,1-2H3. The molecule has 3 heterocycles. The number of fused-ring (bicyclic) bond motifs is 2. The molecule has 1 atom stereocenters. The van der Waals surface area contributed by atoms with E-state index in [4.69, 9.17) is 32.9 Å². The molecule has 5 aromatic rings. The van der Waals surface area contributed by atoms with Crippen LogP contribution in [0.3, 0.4) is 0 Å². The molecule has 1 aliphatic rings. The van der Waals surface area contributed by atoms with Gasteiger partial charge in [0.15, 0.2) is 0 Å². The summed E-state index contributed by atoms with van der Waals surface area (Å²) in [6.07, 6.45) is 8.92. The number of aryl methyl sites for hydroxylation is 1. The number of pyridine rings is 1. The highest BCUT2D eigenvalue weighted by Crippen LogP contribution is 2.44. The van der Waals surface area contributed by atoms with Crippen LogP contribution in [0.25, 0.3) is 22.2 Å². The van der Waals surface area contributed by atoms with E-state index < -0.39 is 0 Å². The molecule has 0 bridgehead atoms. The van der Waals surface area contributed by atoms with Crippen molar-refractivity contribution in [1.29, 1.82) is 0 Å². The number of hydrogen-bond donors (Lipinski definition) is 1. The molecule has 0 saturated heterocycles. The summed E-state index contributed by atoms with van der Waals surface area (Å²) < 4.78 is 8.36. The Balaban J connectivity index is 1.46. The first-order chi connectivity index (χ1) is 18.0. The van der Waals surface area contributed by atoms with Gasteiger partial charge in [-0.3, -0.25) is 0 Å². The molecule has 0 aliphatic heterocycles. The van der Waals surface area contributed by atoms with Crippen LogP contribution in [0.2, 0.25) is 10.0 Å². The molecule has 6 rings (SSSR count). The zero-order valence-corrected chi connectivity index (χ0v) is 22.4. The molecule has 1 aliphatic carbocycles. The zero-order valence-electron chi connectivity index (χ0n) is 20.8. The van der Waals surface area contributed by atoms with Gasteiger partial charge in [0, 0.05) is 23.2 Å². The average Bonchev–Trinajstić information content (AvgIpc) is 3.54. The van der Waals surface area contributed by atoms with Crippen molar-refractivity contribution in [2.75, 3.05) is 0 Å². The second-order valence-corrected chi connectivity index (χ2v) is 10.7. The molecule has 2 aromatic carbocycles. The number of aromatic amines is 1. The predicted molar refractivity (Wildman–Crippen MR) is 150 cm³/mol. The highest BCUT2D eigenvalue weighted by atomic mass is 35.5. The molecule has 5 nitrogen and oxygen atoms in total. The van der Waals surface area contributed by atoms with Crippen molar-refractivity contribution in [1.82, 2.24) is 19.5 Å². The number of benzene rings is 2. The monoisotopic (exact) mass is 530 g/mol. The van der Waals surface area contributed by atoms with E-state index in [-0.39, 0.29) is 12.0 Å². The third-order valence-electron chi connectivity index (χ3n) is 7.21. The lowest BCUT2D eigenvalue weighted by Gasteiger charge is -2.29. The Bertz CT molecular complexity index is 1570. The predicted octanol–water partition coefficient (Wildman–Crippen LogP) is 8.36. The van der Waals surface area contributed by atoms with E-state index in [2.05, 4.69) is 40.6 Å². The Morgan fingerprint density at radius 2 is 1.95 bits per heavy atom. The number of rotatable bonds is 6. The summed E-state index contributed by atoms with van der Waals surface area (Å²) in [6, 6.07) is 16.2. The van der Waals surface area contributed by atoms with Crippen LogP contribution in [-0.4, -0.2) is 19.5 Å². The van der Waals surface area contributed by atoms with Gasteiger partial charge in [0.1, 0.15) is 6.61 Å². The molecule has 37 heavy (non-hydrogen) atoms. The van der Waals surface area contributed by atoms with Gasteiger partial charge in [-0.1, -0.05) is 73.4 Å². The second-order valence-electron chi connectivity index (χ2n) is 9.93. The Morgan fingerprint density at radius 1 is 1.11 bits per heavy atom. The molecular formula is C30H28Cl2N4O. The fraction of sp³-hybridized carbons (Fsp3) is 0.267. The van der Waals surface area contributed by atoms with Gasteiger partial charge in [-0.05, 0) is 47.9 Å². The fourth-order valence-electron chi connectivity index (χ4n) is 5.41. The topological polar surface area (TPSA) is 55.7 Å². The van der Waals surface area contributed by atoms with Gasteiger partial charge in [-0.15, -0.1) is 0 Å². The van der Waals surface area contributed by atoms with Crippen molar-refractivity contribution in [3.8, 4) is 17.1 Å². The summed E-state index contributed by atoms with van der Waals surface area (Å²) in [4.78, 5) is 12.8. The molecule has 0 amide bonds. The smallest absolute Gasteiger partial charge is 0.214 e. The Kier molecular flexibility index (Phi) is 6.43. The molecular weight excluding hydrogens is 503 g/mol. The maximum Gasteiger partial charge on any atom is 0.214 e. The van der Waals surface area contributed by atoms with Gasteiger partial charge < -0.3 is 14.3 Å². The van der Waals surface area contributed by atoms with Crippen LogP contribution >= 0.6 is 23.2 Å². The van der Waals surface area contributed by atoms with Gasteiger partial charge in [-0.25, -0.2) is 9.97 Å². The highest BCUT2D eigenvalue weighted by Gasteiger charge is 2.30. The summed E-state index contributed by atoms with van der Waals surface area (Å²) in [7, 11) is 0. The number of nitrogens with one attached hydrogen (secondary N) is 1. The third-order valence-corrected chi connectivity index (χ3v) is 8.03. The van der Waals surface area contributed by atoms with E-state index in [1.54, 1.807) is 0 Å². The summed E-state index contributed by atoms with van der Waals surface area (Å²) in [6.45, 7) is 4.83. The lowest BCUT2D eigenvalue weighted by Crippen LogP contribution is -2.18. The van der Waals surface area contributed by atoms with Gasteiger partial charge in [-0.2, -0.15) is 0 Å². The number of hydrogen-bond acceptors (Lipinski definition) is 3. The van der Waals surface area contributed by atoms with E-state index in [1.165, 1.54) is 5.56 Å². The van der Waals surface area contributed by atoms with Crippen molar-refractivity contribution in [3.05, 3.63) is 99.7 Å². The van der Waals surface area contributed by atoms with Crippen molar-refractivity contribution < 1.29 is 4.74 Å². The minimum absolute atomic E-state index is 0.0607. The van der Waals surface area contributed by atoms with Gasteiger partial charge in [0.05, 0.1) is 45.5 Å². The van der Waals surface area contributed by atoms with Crippen molar-refractivity contribution >= 4 is 34.1 Å². The van der Waals surface area contributed by atoms with Gasteiger partial charge in [0.25, 0.3) is 0 Å². The molecule has 0 spiro atoms. The Labute approximate surface area is 226 Å². The maximum absolute atomic E-state index is 6.81. The molecule has 1 N–H and O–H groups in total. The lowest BCUT2D eigenvalue weighted by atomic mass is 9.87. The van der Waals surface area contributed by atoms with E-state index in [0.717, 1.165) is 58.2 Å². The first-order valence-electron chi connectivity index (χ1n) is 12.7. The average molecular weight is 531 g/mol. The van der Waals surface area contributed by atoms with Crippen molar-refractivity contribution in [2.45, 2.75) is 51.7 Å². The minimum Gasteiger partial charge on any atom is -0.473 e. The summed E-state index contributed by atoms with van der Waals surface area (Å²) in [5.41, 5.74) is 7.65. The largest absolute Gasteiger partial charge is 0.473 e. The van der Waals surface area contributed by atoms with Crippen LogP contribution < -0.4 is 4.74 Å². The first kappa shape index (κ1) is 24.1. The number of ether oxygens (including phenoxy) is 1. The number of imidazole rings is 1. The van der Waals surface area contributed by atoms with Crippen LogP contribution in [0.4, 0.5) is 0 Å². The molecule has 0 saturated carbocycles. The molecule has 7 heteroatoms. The van der Waals surface area contributed by atoms with Gasteiger partial charge >= 0.3 is 0 Å². The Morgan fingerprint density at radius 3 is 2.76 bits per heavy atom. The fourth-order valence-corrected chi connectivity index (χ4v) is 5.89. The maximum atomic E-state index is 6.81. The minimum atomic E-state index is 0.0607.